The molecule has 1 heteroatoms. The van der Waals surface area contributed by atoms with Gasteiger partial charge in [-0.05, 0) is 30.6 Å². The van der Waals surface area contributed by atoms with Gasteiger partial charge in [-0.25, -0.2) is 0 Å². The van der Waals surface area contributed by atoms with Crippen LogP contribution in [0.15, 0.2) is 0 Å². The second-order valence-corrected chi connectivity index (χ2v) is 3.32. The van der Waals surface area contributed by atoms with Crippen molar-refractivity contribution in [2.24, 2.45) is 17.8 Å². The lowest BCUT2D eigenvalue weighted by molar-refractivity contribution is 0.0900. The maximum absolute atomic E-state index is 9.21. The molecule has 0 aromatic carbocycles. The lowest BCUT2D eigenvalue weighted by atomic mass is 9.73. The Hall–Kier alpha value is -0.0400. The molecule has 4 atom stereocenters. The zero-order valence-corrected chi connectivity index (χ0v) is 5.17. The number of aliphatic hydroxyl groups is 1. The number of hydrogen-bond acceptors (Lipinski definition) is 1. The van der Waals surface area contributed by atoms with Gasteiger partial charge in [-0.2, -0.15) is 0 Å². The van der Waals surface area contributed by atoms with E-state index in [1.807, 2.05) is 0 Å². The van der Waals surface area contributed by atoms with Gasteiger partial charge in [0.2, 0.25) is 0 Å². The zero-order valence-electron chi connectivity index (χ0n) is 5.17. The Morgan fingerprint density at radius 1 is 1.38 bits per heavy atom. The van der Waals surface area contributed by atoms with Gasteiger partial charge in [0.25, 0.3) is 0 Å². The highest BCUT2D eigenvalue weighted by Gasteiger charge is 2.49. The molecule has 0 aliphatic heterocycles. The molecule has 0 aromatic rings. The van der Waals surface area contributed by atoms with Crippen LogP contribution in [0.25, 0.3) is 0 Å². The molecule has 0 saturated heterocycles. The Kier molecular flexibility index (Phi) is 0.762. The maximum Gasteiger partial charge on any atom is 0.0573 e. The van der Waals surface area contributed by atoms with E-state index in [9.17, 15) is 5.11 Å². The summed E-state index contributed by atoms with van der Waals surface area (Å²) in [5.74, 6) is 2.40. The summed E-state index contributed by atoms with van der Waals surface area (Å²) in [5, 5.41) is 9.21. The molecule has 0 spiro atoms. The largest absolute Gasteiger partial charge is 0.393 e. The molecule has 0 unspecified atom stereocenters. The molecule has 3 fully saturated rings. The number of hydrogen-bond donors (Lipinski definition) is 1. The first-order chi connectivity index (χ1) is 3.79. The van der Waals surface area contributed by atoms with Gasteiger partial charge in [-0.15, -0.1) is 0 Å². The van der Waals surface area contributed by atoms with Crippen molar-refractivity contribution in [1.82, 2.24) is 0 Å². The standard InChI is InChI=1S/C7H12O/c1-4-5-2-6(4)7(8)3-5/h4-8H,2-3H2,1H3/t4-,5+,6+,7-/m0/s1. The molecule has 46 valence electrons. The Morgan fingerprint density at radius 2 is 2.12 bits per heavy atom. The summed E-state index contributed by atoms with van der Waals surface area (Å²) >= 11 is 0. The molecule has 3 rings (SSSR count). The third-order valence-corrected chi connectivity index (χ3v) is 3.03. The molecule has 0 radical (unpaired) electrons. The molecule has 2 bridgehead atoms. The van der Waals surface area contributed by atoms with Gasteiger partial charge >= 0.3 is 0 Å². The van der Waals surface area contributed by atoms with Gasteiger partial charge in [0.05, 0.1) is 6.10 Å². The number of rotatable bonds is 0. The van der Waals surface area contributed by atoms with E-state index < -0.39 is 0 Å². The van der Waals surface area contributed by atoms with E-state index in [1.165, 1.54) is 6.42 Å². The second kappa shape index (κ2) is 1.27. The van der Waals surface area contributed by atoms with Crippen LogP contribution in [0.1, 0.15) is 19.8 Å². The van der Waals surface area contributed by atoms with Crippen molar-refractivity contribution in [3.63, 3.8) is 0 Å². The molecule has 1 N–H and O–H groups in total. The van der Waals surface area contributed by atoms with Crippen molar-refractivity contribution in [2.75, 3.05) is 0 Å². The summed E-state index contributed by atoms with van der Waals surface area (Å²) in [7, 11) is 0. The van der Waals surface area contributed by atoms with Crippen LogP contribution in [-0.2, 0) is 0 Å². The van der Waals surface area contributed by atoms with Crippen molar-refractivity contribution in [2.45, 2.75) is 25.9 Å². The van der Waals surface area contributed by atoms with Gasteiger partial charge in [0.15, 0.2) is 0 Å². The monoisotopic (exact) mass is 112 g/mol. The summed E-state index contributed by atoms with van der Waals surface area (Å²) in [6, 6.07) is 0. The molecule has 3 saturated carbocycles. The molecule has 0 amide bonds. The van der Waals surface area contributed by atoms with E-state index in [0.29, 0.717) is 5.92 Å². The predicted molar refractivity (Wildman–Crippen MR) is 31.4 cm³/mol. The van der Waals surface area contributed by atoms with Crippen LogP contribution in [0.5, 0.6) is 0 Å². The van der Waals surface area contributed by atoms with Crippen LogP contribution in [0.3, 0.4) is 0 Å². The number of aliphatic hydroxyl groups excluding tert-OH is 1. The van der Waals surface area contributed by atoms with Crippen LogP contribution < -0.4 is 0 Å². The normalized spacial score (nSPS) is 60.8. The van der Waals surface area contributed by atoms with Crippen LogP contribution >= 0.6 is 0 Å². The van der Waals surface area contributed by atoms with E-state index in [-0.39, 0.29) is 6.10 Å². The minimum absolute atomic E-state index is 0.0648. The average molecular weight is 112 g/mol. The Labute approximate surface area is 49.7 Å². The predicted octanol–water partition coefficient (Wildman–Crippen LogP) is 1.02. The van der Waals surface area contributed by atoms with Gasteiger partial charge in [-0.3, -0.25) is 0 Å². The Morgan fingerprint density at radius 3 is 2.25 bits per heavy atom. The maximum atomic E-state index is 9.21. The summed E-state index contributed by atoms with van der Waals surface area (Å²) in [5.41, 5.74) is 0. The van der Waals surface area contributed by atoms with Crippen LogP contribution in [0.4, 0.5) is 0 Å². The summed E-state index contributed by atoms with van der Waals surface area (Å²) in [4.78, 5) is 0. The smallest absolute Gasteiger partial charge is 0.0573 e. The van der Waals surface area contributed by atoms with Gasteiger partial charge in [-0.1, -0.05) is 6.92 Å². The number of fused-ring (bicyclic) bond motifs is 1. The van der Waals surface area contributed by atoms with Gasteiger partial charge in [0.1, 0.15) is 0 Å². The minimum atomic E-state index is 0.0648. The van der Waals surface area contributed by atoms with E-state index in [4.69, 9.17) is 0 Å². The Balaban J connectivity index is 2.13. The Bertz CT molecular complexity index is 107. The quantitative estimate of drug-likeness (QED) is 0.496. The van der Waals surface area contributed by atoms with Crippen molar-refractivity contribution in [3.05, 3.63) is 0 Å². The lowest BCUT2D eigenvalue weighted by Crippen LogP contribution is -2.27. The fraction of sp³-hybridized carbons (Fsp3) is 1.00. The van der Waals surface area contributed by atoms with Crippen LogP contribution in [0, 0.1) is 17.8 Å². The molecular weight excluding hydrogens is 100 g/mol. The third-order valence-electron chi connectivity index (χ3n) is 3.03. The van der Waals surface area contributed by atoms with E-state index in [2.05, 4.69) is 6.92 Å². The highest BCUT2D eigenvalue weighted by atomic mass is 16.3. The first kappa shape index (κ1) is 4.80. The average Bonchev–Trinajstić information content (AvgIpc) is 2.19. The molecule has 8 heavy (non-hydrogen) atoms. The fourth-order valence-corrected chi connectivity index (χ4v) is 2.24. The van der Waals surface area contributed by atoms with Gasteiger partial charge in [0, 0.05) is 0 Å². The van der Waals surface area contributed by atoms with Crippen molar-refractivity contribution in [3.8, 4) is 0 Å². The summed E-state index contributed by atoms with van der Waals surface area (Å²) in [6.45, 7) is 2.26. The van der Waals surface area contributed by atoms with Crippen LogP contribution in [-0.4, -0.2) is 11.2 Å². The van der Waals surface area contributed by atoms with Crippen molar-refractivity contribution < 1.29 is 5.11 Å². The molecule has 0 aromatic heterocycles. The van der Waals surface area contributed by atoms with Gasteiger partial charge < -0.3 is 5.11 Å². The highest BCUT2D eigenvalue weighted by Crippen LogP contribution is 2.52. The lowest BCUT2D eigenvalue weighted by Gasteiger charge is -2.32. The summed E-state index contributed by atoms with van der Waals surface area (Å²) < 4.78 is 0. The molecular formula is C7H12O. The van der Waals surface area contributed by atoms with E-state index in [0.717, 1.165) is 18.3 Å². The molecule has 1 nitrogen and oxygen atoms in total. The topological polar surface area (TPSA) is 20.2 Å². The van der Waals surface area contributed by atoms with E-state index >= 15 is 0 Å². The molecule has 0 heterocycles. The second-order valence-electron chi connectivity index (χ2n) is 3.32. The van der Waals surface area contributed by atoms with Crippen molar-refractivity contribution >= 4 is 0 Å². The summed E-state index contributed by atoms with van der Waals surface area (Å²) in [6.07, 6.45) is 2.46. The van der Waals surface area contributed by atoms with Crippen molar-refractivity contribution in [1.29, 1.82) is 0 Å². The SMILES string of the molecule is C[C@H]1[C@@H]2C[C@H]1[C@@H](O)C2. The highest BCUT2D eigenvalue weighted by molar-refractivity contribution is 4.99. The first-order valence-electron chi connectivity index (χ1n) is 3.47. The minimum Gasteiger partial charge on any atom is -0.393 e. The molecule has 3 aliphatic carbocycles. The fourth-order valence-electron chi connectivity index (χ4n) is 2.24. The molecule has 3 aliphatic rings. The van der Waals surface area contributed by atoms with E-state index in [1.54, 1.807) is 0 Å². The third kappa shape index (κ3) is 0.368. The zero-order chi connectivity index (χ0) is 5.72. The first-order valence-corrected chi connectivity index (χ1v) is 3.47. The van der Waals surface area contributed by atoms with Crippen LogP contribution in [0.2, 0.25) is 0 Å².